The Kier molecular flexibility index (Phi) is 5.52. The van der Waals surface area contributed by atoms with E-state index in [0.717, 1.165) is 16.6 Å². The quantitative estimate of drug-likeness (QED) is 0.608. The second-order valence-corrected chi connectivity index (χ2v) is 6.59. The molecule has 1 unspecified atom stereocenters. The van der Waals surface area contributed by atoms with Crippen molar-refractivity contribution >= 4 is 31.9 Å². The smallest absolute Gasteiger partial charge is 0.120 e. The molecule has 0 aliphatic rings. The number of rotatable bonds is 5. The first-order valence-corrected chi connectivity index (χ1v) is 7.69. The van der Waals surface area contributed by atoms with Gasteiger partial charge in [0.05, 0.1) is 6.61 Å². The molecule has 3 heteroatoms. The molecule has 1 nitrogen and oxygen atoms in total. The van der Waals surface area contributed by atoms with E-state index in [4.69, 9.17) is 4.74 Å². The Morgan fingerprint density at radius 2 is 1.94 bits per heavy atom. The van der Waals surface area contributed by atoms with Crippen molar-refractivity contribution in [2.45, 2.75) is 38.9 Å². The molecular formula is C14H20Br2O. The Hall–Kier alpha value is -0.0200. The molecule has 17 heavy (non-hydrogen) atoms. The van der Waals surface area contributed by atoms with Gasteiger partial charge in [-0.2, -0.15) is 0 Å². The first-order chi connectivity index (χ1) is 7.92. The van der Waals surface area contributed by atoms with Crippen molar-refractivity contribution in [3.63, 3.8) is 0 Å². The summed E-state index contributed by atoms with van der Waals surface area (Å²) in [4.78, 5) is 0.338. The molecule has 0 bridgehead atoms. The molecule has 0 amide bonds. The average molecular weight is 364 g/mol. The Bertz CT molecular complexity index is 374. The van der Waals surface area contributed by atoms with Gasteiger partial charge < -0.3 is 4.74 Å². The molecule has 0 aromatic heterocycles. The largest absolute Gasteiger partial charge is 0.494 e. The highest BCUT2D eigenvalue weighted by Crippen LogP contribution is 2.45. The zero-order chi connectivity index (χ0) is 13.1. The van der Waals surface area contributed by atoms with Gasteiger partial charge in [-0.05, 0) is 36.5 Å². The van der Waals surface area contributed by atoms with Crippen LogP contribution >= 0.6 is 31.9 Å². The summed E-state index contributed by atoms with van der Waals surface area (Å²) >= 11 is 7.44. The third kappa shape index (κ3) is 3.72. The van der Waals surface area contributed by atoms with E-state index in [0.29, 0.717) is 11.4 Å². The number of alkyl halides is 1. The molecule has 1 atom stereocenters. The number of hydrogen-bond acceptors (Lipinski definition) is 1. The number of halogens is 2. The molecule has 1 aromatic carbocycles. The maximum atomic E-state index is 5.49. The predicted molar refractivity (Wildman–Crippen MR) is 81.1 cm³/mol. The van der Waals surface area contributed by atoms with Gasteiger partial charge in [0.1, 0.15) is 5.75 Å². The number of ether oxygens (including phenoxy) is 1. The van der Waals surface area contributed by atoms with Crippen LogP contribution in [0.1, 0.15) is 44.5 Å². The molecule has 0 spiro atoms. The minimum absolute atomic E-state index is 0.232. The maximum absolute atomic E-state index is 5.49. The minimum Gasteiger partial charge on any atom is -0.494 e. The van der Waals surface area contributed by atoms with Gasteiger partial charge in [0.25, 0.3) is 0 Å². The summed E-state index contributed by atoms with van der Waals surface area (Å²) in [6.07, 6.45) is 1.13. The van der Waals surface area contributed by atoms with Crippen LogP contribution < -0.4 is 4.74 Å². The van der Waals surface area contributed by atoms with Crippen LogP contribution in [0.2, 0.25) is 0 Å². The SMILES string of the molecule is CCOc1ccc(C(Br)C(C)(C)CC)c(Br)c1. The zero-order valence-electron chi connectivity index (χ0n) is 10.9. The van der Waals surface area contributed by atoms with Crippen LogP contribution in [0.15, 0.2) is 22.7 Å². The van der Waals surface area contributed by atoms with E-state index in [-0.39, 0.29) is 5.41 Å². The van der Waals surface area contributed by atoms with Gasteiger partial charge in [-0.1, -0.05) is 58.7 Å². The second kappa shape index (κ2) is 6.24. The van der Waals surface area contributed by atoms with Crippen LogP contribution in [0.4, 0.5) is 0 Å². The van der Waals surface area contributed by atoms with E-state index in [1.54, 1.807) is 0 Å². The van der Waals surface area contributed by atoms with Gasteiger partial charge in [-0.3, -0.25) is 0 Å². The van der Waals surface area contributed by atoms with Crippen molar-refractivity contribution in [3.8, 4) is 5.75 Å². The predicted octanol–water partition coefficient (Wildman–Crippen LogP) is 5.72. The molecule has 0 radical (unpaired) electrons. The van der Waals surface area contributed by atoms with Crippen molar-refractivity contribution in [2.24, 2.45) is 5.41 Å². The van der Waals surface area contributed by atoms with Crippen molar-refractivity contribution < 1.29 is 4.74 Å². The standard InChI is InChI=1S/C14H20Br2O/c1-5-14(3,4)13(16)11-8-7-10(17-6-2)9-12(11)15/h7-9,13H,5-6H2,1-4H3. The van der Waals surface area contributed by atoms with Crippen molar-refractivity contribution in [1.82, 2.24) is 0 Å². The lowest BCUT2D eigenvalue weighted by Crippen LogP contribution is -2.16. The molecule has 0 aliphatic heterocycles. The first-order valence-electron chi connectivity index (χ1n) is 5.98. The highest BCUT2D eigenvalue weighted by atomic mass is 79.9. The monoisotopic (exact) mass is 362 g/mol. The highest BCUT2D eigenvalue weighted by Gasteiger charge is 2.28. The molecule has 0 N–H and O–H groups in total. The van der Waals surface area contributed by atoms with Crippen LogP contribution in [-0.4, -0.2) is 6.61 Å². The summed E-state index contributed by atoms with van der Waals surface area (Å²) in [5.41, 5.74) is 1.51. The highest BCUT2D eigenvalue weighted by molar-refractivity contribution is 9.11. The normalized spacial score (nSPS) is 13.5. The van der Waals surface area contributed by atoms with Crippen LogP contribution in [-0.2, 0) is 0 Å². The summed E-state index contributed by atoms with van der Waals surface area (Å²) in [5, 5.41) is 0. The van der Waals surface area contributed by atoms with Crippen LogP contribution in [0, 0.1) is 5.41 Å². The fourth-order valence-electron chi connectivity index (χ4n) is 1.57. The Morgan fingerprint density at radius 3 is 2.41 bits per heavy atom. The first kappa shape index (κ1) is 15.0. The van der Waals surface area contributed by atoms with Gasteiger partial charge in [0.2, 0.25) is 0 Å². The number of hydrogen-bond donors (Lipinski definition) is 0. The molecule has 96 valence electrons. The fourth-order valence-corrected chi connectivity index (χ4v) is 3.19. The minimum atomic E-state index is 0.232. The van der Waals surface area contributed by atoms with Gasteiger partial charge in [0, 0.05) is 9.30 Å². The summed E-state index contributed by atoms with van der Waals surface area (Å²) in [6, 6.07) is 6.20. The van der Waals surface area contributed by atoms with E-state index in [9.17, 15) is 0 Å². The molecule has 0 saturated heterocycles. The Labute approximate surface area is 121 Å². The summed E-state index contributed by atoms with van der Waals surface area (Å²) in [7, 11) is 0. The molecule has 0 heterocycles. The fraction of sp³-hybridized carbons (Fsp3) is 0.571. The van der Waals surface area contributed by atoms with Gasteiger partial charge >= 0.3 is 0 Å². The molecule has 0 aliphatic carbocycles. The van der Waals surface area contributed by atoms with E-state index in [1.807, 2.05) is 19.1 Å². The Balaban J connectivity index is 2.99. The van der Waals surface area contributed by atoms with E-state index >= 15 is 0 Å². The second-order valence-electron chi connectivity index (χ2n) is 4.82. The van der Waals surface area contributed by atoms with Crippen molar-refractivity contribution in [1.29, 1.82) is 0 Å². The van der Waals surface area contributed by atoms with Crippen molar-refractivity contribution in [2.75, 3.05) is 6.61 Å². The molecule has 1 aromatic rings. The molecule has 1 rings (SSSR count). The molecule has 0 saturated carbocycles. The molecule has 0 fully saturated rings. The van der Waals surface area contributed by atoms with Crippen molar-refractivity contribution in [3.05, 3.63) is 28.2 Å². The van der Waals surface area contributed by atoms with E-state index in [1.165, 1.54) is 5.56 Å². The lowest BCUT2D eigenvalue weighted by molar-refractivity contribution is 0.336. The maximum Gasteiger partial charge on any atom is 0.120 e. The van der Waals surface area contributed by atoms with Gasteiger partial charge in [-0.25, -0.2) is 0 Å². The summed E-state index contributed by atoms with van der Waals surface area (Å²) in [5.74, 6) is 0.914. The third-order valence-corrected chi connectivity index (χ3v) is 5.57. The Morgan fingerprint density at radius 1 is 1.29 bits per heavy atom. The van der Waals surface area contributed by atoms with E-state index in [2.05, 4.69) is 58.7 Å². The van der Waals surface area contributed by atoms with Crippen LogP contribution in [0.5, 0.6) is 5.75 Å². The summed E-state index contributed by atoms with van der Waals surface area (Å²) in [6.45, 7) is 9.46. The van der Waals surface area contributed by atoms with Gasteiger partial charge in [-0.15, -0.1) is 0 Å². The topological polar surface area (TPSA) is 9.23 Å². The molecular weight excluding hydrogens is 344 g/mol. The van der Waals surface area contributed by atoms with Crippen LogP contribution in [0.3, 0.4) is 0 Å². The van der Waals surface area contributed by atoms with Crippen LogP contribution in [0.25, 0.3) is 0 Å². The average Bonchev–Trinajstić information content (AvgIpc) is 2.29. The number of benzene rings is 1. The lowest BCUT2D eigenvalue weighted by Gasteiger charge is -2.30. The summed E-state index contributed by atoms with van der Waals surface area (Å²) < 4.78 is 6.59. The zero-order valence-corrected chi connectivity index (χ0v) is 14.1. The van der Waals surface area contributed by atoms with E-state index < -0.39 is 0 Å². The third-order valence-electron chi connectivity index (χ3n) is 3.15. The lowest BCUT2D eigenvalue weighted by atomic mass is 9.83. The van der Waals surface area contributed by atoms with Gasteiger partial charge in [0.15, 0.2) is 0 Å².